The van der Waals surface area contributed by atoms with Gasteiger partial charge in [0.1, 0.15) is 0 Å². The number of hydrogen-bond donors (Lipinski definition) is 1. The number of carbonyl (C=O) groups is 1. The first kappa shape index (κ1) is 15.5. The molecule has 0 saturated heterocycles. The molecule has 0 spiro atoms. The van der Waals surface area contributed by atoms with Crippen molar-refractivity contribution in [3.8, 4) is 0 Å². The Morgan fingerprint density at radius 2 is 2.25 bits per heavy atom. The fraction of sp³-hybridized carbons (Fsp3) is 0.688. The highest BCUT2D eigenvalue weighted by molar-refractivity contribution is 7.09. The molecule has 0 amide bonds. The number of hydrogen-bond acceptors (Lipinski definition) is 3. The van der Waals surface area contributed by atoms with E-state index in [1.807, 2.05) is 0 Å². The molecule has 3 atom stereocenters. The third kappa shape index (κ3) is 3.61. The minimum Gasteiger partial charge on any atom is -0.481 e. The molecule has 0 aliphatic heterocycles. The van der Waals surface area contributed by atoms with Crippen LogP contribution in [0.5, 0.6) is 0 Å². The molecule has 0 radical (unpaired) electrons. The van der Waals surface area contributed by atoms with Crippen LogP contribution in [-0.2, 0) is 11.3 Å². The number of thiophene rings is 1. The van der Waals surface area contributed by atoms with Crippen molar-refractivity contribution in [2.24, 2.45) is 11.8 Å². The normalized spacial score (nSPS) is 27.1. The highest BCUT2D eigenvalue weighted by Crippen LogP contribution is 2.34. The third-order valence-corrected chi connectivity index (χ3v) is 5.26. The van der Waals surface area contributed by atoms with Crippen LogP contribution in [0.15, 0.2) is 17.5 Å². The third-order valence-electron chi connectivity index (χ3n) is 4.40. The van der Waals surface area contributed by atoms with Crippen LogP contribution in [0.3, 0.4) is 0 Å². The lowest BCUT2D eigenvalue weighted by atomic mass is 9.78. The Balaban J connectivity index is 2.18. The Hall–Kier alpha value is -0.870. The fourth-order valence-electron chi connectivity index (χ4n) is 3.27. The second kappa shape index (κ2) is 6.72. The lowest BCUT2D eigenvalue weighted by molar-refractivity contribution is -0.146. The van der Waals surface area contributed by atoms with Crippen LogP contribution in [0.25, 0.3) is 0 Å². The molecule has 1 fully saturated rings. The number of aliphatic carboxylic acids is 1. The molecule has 2 rings (SSSR count). The van der Waals surface area contributed by atoms with Crippen LogP contribution in [0.2, 0.25) is 0 Å². The molecule has 1 aliphatic carbocycles. The van der Waals surface area contributed by atoms with E-state index in [9.17, 15) is 9.90 Å². The van der Waals surface area contributed by atoms with Crippen LogP contribution >= 0.6 is 11.3 Å². The summed E-state index contributed by atoms with van der Waals surface area (Å²) < 4.78 is 0. The topological polar surface area (TPSA) is 40.5 Å². The van der Waals surface area contributed by atoms with E-state index in [1.54, 1.807) is 11.3 Å². The van der Waals surface area contributed by atoms with Crippen molar-refractivity contribution in [2.75, 3.05) is 0 Å². The molecule has 1 N–H and O–H groups in total. The van der Waals surface area contributed by atoms with Crippen molar-refractivity contribution in [3.05, 3.63) is 22.4 Å². The van der Waals surface area contributed by atoms with E-state index >= 15 is 0 Å². The van der Waals surface area contributed by atoms with E-state index in [2.05, 4.69) is 43.2 Å². The average Bonchev–Trinajstić information content (AvgIpc) is 2.87. The van der Waals surface area contributed by atoms with Crippen molar-refractivity contribution in [3.63, 3.8) is 0 Å². The zero-order chi connectivity index (χ0) is 14.7. The number of nitrogens with zero attached hydrogens (tertiary/aromatic N) is 1. The van der Waals surface area contributed by atoms with Gasteiger partial charge in [-0.25, -0.2) is 0 Å². The van der Waals surface area contributed by atoms with Gasteiger partial charge < -0.3 is 5.11 Å². The van der Waals surface area contributed by atoms with Gasteiger partial charge in [0, 0.05) is 23.5 Å². The largest absolute Gasteiger partial charge is 0.481 e. The van der Waals surface area contributed by atoms with Gasteiger partial charge in [0.2, 0.25) is 0 Å². The van der Waals surface area contributed by atoms with Crippen LogP contribution in [0, 0.1) is 11.8 Å². The summed E-state index contributed by atoms with van der Waals surface area (Å²) in [5.74, 6) is -0.215. The SMILES string of the molecule is CC1CCC(C(=O)O)C(N(Cc2cccs2)C(C)C)C1. The maximum Gasteiger partial charge on any atom is 0.308 e. The smallest absolute Gasteiger partial charge is 0.308 e. The molecule has 112 valence electrons. The van der Waals surface area contributed by atoms with Gasteiger partial charge in [-0.15, -0.1) is 11.3 Å². The summed E-state index contributed by atoms with van der Waals surface area (Å²) in [5.41, 5.74) is 0. The second-order valence-electron chi connectivity index (χ2n) is 6.28. The molecule has 1 aromatic heterocycles. The van der Waals surface area contributed by atoms with Gasteiger partial charge in [0.25, 0.3) is 0 Å². The summed E-state index contributed by atoms with van der Waals surface area (Å²) in [4.78, 5) is 15.3. The van der Waals surface area contributed by atoms with Crippen molar-refractivity contribution < 1.29 is 9.90 Å². The lowest BCUT2D eigenvalue weighted by Crippen LogP contribution is -2.49. The average molecular weight is 295 g/mol. The molecule has 1 aromatic rings. The molecular formula is C16H25NO2S. The molecule has 20 heavy (non-hydrogen) atoms. The Labute approximate surface area is 125 Å². The van der Waals surface area contributed by atoms with E-state index in [-0.39, 0.29) is 12.0 Å². The van der Waals surface area contributed by atoms with E-state index in [1.165, 1.54) is 4.88 Å². The van der Waals surface area contributed by atoms with Gasteiger partial charge in [-0.1, -0.05) is 13.0 Å². The minimum absolute atomic E-state index is 0.165. The first-order valence-electron chi connectivity index (χ1n) is 7.50. The zero-order valence-corrected chi connectivity index (χ0v) is 13.4. The van der Waals surface area contributed by atoms with Gasteiger partial charge in [-0.2, -0.15) is 0 Å². The fourth-order valence-corrected chi connectivity index (χ4v) is 3.98. The Morgan fingerprint density at radius 3 is 2.80 bits per heavy atom. The maximum atomic E-state index is 11.6. The lowest BCUT2D eigenvalue weighted by Gasteiger charge is -2.42. The molecule has 1 aliphatic rings. The van der Waals surface area contributed by atoms with Crippen LogP contribution in [0.1, 0.15) is 44.9 Å². The molecule has 0 aromatic carbocycles. The summed E-state index contributed by atoms with van der Waals surface area (Å²) in [6.45, 7) is 7.46. The van der Waals surface area contributed by atoms with Crippen LogP contribution < -0.4 is 0 Å². The van der Waals surface area contributed by atoms with Gasteiger partial charge in [-0.3, -0.25) is 9.69 Å². The first-order valence-corrected chi connectivity index (χ1v) is 8.38. The summed E-state index contributed by atoms with van der Waals surface area (Å²) in [7, 11) is 0. The van der Waals surface area contributed by atoms with Crippen molar-refractivity contribution in [1.29, 1.82) is 0 Å². The highest BCUT2D eigenvalue weighted by atomic mass is 32.1. The molecule has 3 unspecified atom stereocenters. The maximum absolute atomic E-state index is 11.6. The molecular weight excluding hydrogens is 270 g/mol. The molecule has 3 nitrogen and oxygen atoms in total. The first-order chi connectivity index (χ1) is 9.49. The van der Waals surface area contributed by atoms with Crippen LogP contribution in [-0.4, -0.2) is 28.1 Å². The standard InChI is InChI=1S/C16H25NO2S/c1-11(2)17(10-13-5-4-8-20-13)15-9-12(3)6-7-14(15)16(18)19/h4-5,8,11-12,14-15H,6-7,9-10H2,1-3H3,(H,18,19). The van der Waals surface area contributed by atoms with E-state index < -0.39 is 5.97 Å². The van der Waals surface area contributed by atoms with Gasteiger partial charge in [0.15, 0.2) is 0 Å². The van der Waals surface area contributed by atoms with Gasteiger partial charge in [-0.05, 0) is 50.5 Å². The van der Waals surface area contributed by atoms with Crippen LogP contribution in [0.4, 0.5) is 0 Å². The Kier molecular flexibility index (Phi) is 5.22. The van der Waals surface area contributed by atoms with E-state index in [4.69, 9.17) is 0 Å². The summed E-state index contributed by atoms with van der Waals surface area (Å²) in [6, 6.07) is 4.74. The van der Waals surface area contributed by atoms with Gasteiger partial charge >= 0.3 is 5.97 Å². The minimum atomic E-state index is -0.626. The number of rotatable bonds is 5. The van der Waals surface area contributed by atoms with Crippen molar-refractivity contribution >= 4 is 17.3 Å². The highest BCUT2D eigenvalue weighted by Gasteiger charge is 2.38. The van der Waals surface area contributed by atoms with E-state index in [0.717, 1.165) is 25.8 Å². The number of carboxylic acids is 1. The monoisotopic (exact) mass is 295 g/mol. The molecule has 0 bridgehead atoms. The summed E-state index contributed by atoms with van der Waals surface area (Å²) in [6.07, 6.45) is 2.85. The predicted octanol–water partition coefficient (Wildman–Crippen LogP) is 3.85. The quantitative estimate of drug-likeness (QED) is 0.897. The molecule has 1 heterocycles. The van der Waals surface area contributed by atoms with E-state index in [0.29, 0.717) is 12.0 Å². The summed E-state index contributed by atoms with van der Waals surface area (Å²) in [5, 5.41) is 11.6. The molecule has 1 saturated carbocycles. The predicted molar refractivity (Wildman–Crippen MR) is 82.9 cm³/mol. The Bertz CT molecular complexity index is 430. The summed E-state index contributed by atoms with van der Waals surface area (Å²) >= 11 is 1.75. The Morgan fingerprint density at radius 1 is 1.50 bits per heavy atom. The molecule has 4 heteroatoms. The van der Waals surface area contributed by atoms with Crippen molar-refractivity contribution in [1.82, 2.24) is 4.90 Å². The second-order valence-corrected chi connectivity index (χ2v) is 7.31. The zero-order valence-electron chi connectivity index (χ0n) is 12.6. The van der Waals surface area contributed by atoms with Gasteiger partial charge in [0.05, 0.1) is 5.92 Å². The number of carboxylic acid groups (broad SMARTS) is 1. The van der Waals surface area contributed by atoms with Crippen molar-refractivity contribution in [2.45, 2.75) is 58.7 Å².